The van der Waals surface area contributed by atoms with Crippen LogP contribution >= 0.6 is 0 Å². The molecule has 1 N–H and O–H groups in total. The van der Waals surface area contributed by atoms with E-state index >= 15 is 0 Å². The zero-order chi connectivity index (χ0) is 25.9. The fourth-order valence-corrected chi connectivity index (χ4v) is 3.91. The van der Waals surface area contributed by atoms with Crippen molar-refractivity contribution in [2.24, 2.45) is 0 Å². The van der Waals surface area contributed by atoms with Gasteiger partial charge in [0.25, 0.3) is 17.5 Å². The third kappa shape index (κ3) is 4.81. The number of carbonyl (C=O) groups is 1. The summed E-state index contributed by atoms with van der Waals surface area (Å²) >= 11 is 0. The maximum Gasteiger partial charge on any atom is 0.259 e. The Kier molecular flexibility index (Phi) is 6.46. The predicted octanol–water partition coefficient (Wildman–Crippen LogP) is 4.74. The lowest BCUT2D eigenvalue weighted by Gasteiger charge is -2.11. The molecule has 0 atom stereocenters. The molecule has 37 heavy (non-hydrogen) atoms. The van der Waals surface area contributed by atoms with Crippen molar-refractivity contribution in [1.82, 2.24) is 25.4 Å². The molecule has 4 heterocycles. The van der Waals surface area contributed by atoms with Crippen LogP contribution in [-0.2, 0) is 6.54 Å². The van der Waals surface area contributed by atoms with Gasteiger partial charge in [-0.1, -0.05) is 5.16 Å². The lowest BCUT2D eigenvalue weighted by molar-refractivity contribution is 0.0952. The molecule has 0 aliphatic carbocycles. The molecular formula is C27H22FN5O4. The smallest absolute Gasteiger partial charge is 0.259 e. The van der Waals surface area contributed by atoms with Crippen LogP contribution in [0.1, 0.15) is 21.6 Å². The second-order valence-electron chi connectivity index (χ2n) is 8.22. The Morgan fingerprint density at radius 1 is 1.00 bits per heavy atom. The van der Waals surface area contributed by atoms with Crippen LogP contribution in [0.4, 0.5) is 4.39 Å². The number of rotatable bonds is 7. The number of ether oxygens (including phenoxy) is 2. The van der Waals surface area contributed by atoms with Crippen LogP contribution in [0.2, 0.25) is 0 Å². The Hall–Kier alpha value is -4.86. The van der Waals surface area contributed by atoms with Crippen molar-refractivity contribution in [3.63, 3.8) is 0 Å². The van der Waals surface area contributed by atoms with Crippen LogP contribution in [0, 0.1) is 12.7 Å². The van der Waals surface area contributed by atoms with Crippen molar-refractivity contribution in [1.29, 1.82) is 0 Å². The molecule has 0 saturated carbocycles. The van der Waals surface area contributed by atoms with E-state index in [1.807, 2.05) is 13.0 Å². The molecular weight excluding hydrogens is 477 g/mol. The van der Waals surface area contributed by atoms with Crippen LogP contribution in [0.25, 0.3) is 33.6 Å². The lowest BCUT2D eigenvalue weighted by atomic mass is 10.0. The molecule has 1 aromatic carbocycles. The average molecular weight is 500 g/mol. The number of benzene rings is 1. The average Bonchev–Trinajstić information content (AvgIpc) is 3.35. The third-order valence-electron chi connectivity index (χ3n) is 5.71. The summed E-state index contributed by atoms with van der Waals surface area (Å²) in [7, 11) is 3.01. The highest BCUT2D eigenvalue weighted by Crippen LogP contribution is 2.33. The number of halogens is 1. The molecule has 1 amide bonds. The molecule has 0 fully saturated rings. The molecule has 5 rings (SSSR count). The zero-order valence-electron chi connectivity index (χ0n) is 20.3. The minimum Gasteiger partial charge on any atom is -0.491 e. The monoisotopic (exact) mass is 499 g/mol. The van der Waals surface area contributed by atoms with E-state index < -0.39 is 5.91 Å². The van der Waals surface area contributed by atoms with Gasteiger partial charge in [-0.3, -0.25) is 9.78 Å². The highest BCUT2D eigenvalue weighted by Gasteiger charge is 2.22. The van der Waals surface area contributed by atoms with E-state index in [2.05, 4.69) is 25.4 Å². The summed E-state index contributed by atoms with van der Waals surface area (Å²) in [5.41, 5.74) is 4.17. The molecule has 0 radical (unpaired) electrons. The number of nitrogens with one attached hydrogen (secondary N) is 1. The van der Waals surface area contributed by atoms with Gasteiger partial charge in [0.15, 0.2) is 5.75 Å². The molecule has 0 saturated heterocycles. The maximum atomic E-state index is 13.5. The maximum absolute atomic E-state index is 13.5. The first-order valence-electron chi connectivity index (χ1n) is 11.3. The summed E-state index contributed by atoms with van der Waals surface area (Å²) in [4.78, 5) is 26.7. The van der Waals surface area contributed by atoms with Crippen LogP contribution < -0.4 is 14.8 Å². The predicted molar refractivity (Wildman–Crippen MR) is 134 cm³/mol. The van der Waals surface area contributed by atoms with Gasteiger partial charge in [0, 0.05) is 23.5 Å². The molecule has 0 unspecified atom stereocenters. The van der Waals surface area contributed by atoms with Gasteiger partial charge in [-0.15, -0.1) is 0 Å². The van der Waals surface area contributed by atoms with Gasteiger partial charge in [-0.2, -0.15) is 0 Å². The highest BCUT2D eigenvalue weighted by molar-refractivity contribution is 6.10. The number of methoxy groups -OCH3 is 2. The topological polar surface area (TPSA) is 112 Å². The molecule has 0 aliphatic heterocycles. The van der Waals surface area contributed by atoms with Crippen molar-refractivity contribution in [3.8, 4) is 34.1 Å². The van der Waals surface area contributed by atoms with E-state index in [9.17, 15) is 9.18 Å². The molecule has 5 aromatic rings. The van der Waals surface area contributed by atoms with Crippen LogP contribution in [-0.4, -0.2) is 40.2 Å². The van der Waals surface area contributed by atoms with Gasteiger partial charge in [0.1, 0.15) is 11.5 Å². The first-order chi connectivity index (χ1) is 18.0. The van der Waals surface area contributed by atoms with E-state index in [-0.39, 0.29) is 18.1 Å². The third-order valence-corrected chi connectivity index (χ3v) is 5.71. The van der Waals surface area contributed by atoms with E-state index in [1.165, 1.54) is 26.4 Å². The molecule has 9 nitrogen and oxygen atoms in total. The van der Waals surface area contributed by atoms with Crippen molar-refractivity contribution < 1.29 is 23.2 Å². The van der Waals surface area contributed by atoms with Gasteiger partial charge in [-0.25, -0.2) is 14.4 Å². The SMILES string of the molecule is COc1ccc(CNC(=O)c2cc(-c3cncc(C)c3)nc3onc(-c4ccc(F)cc4)c23)nc1OC. The van der Waals surface area contributed by atoms with Crippen molar-refractivity contribution >= 4 is 17.0 Å². The zero-order valence-corrected chi connectivity index (χ0v) is 20.3. The largest absolute Gasteiger partial charge is 0.491 e. The van der Waals surface area contributed by atoms with Crippen molar-refractivity contribution in [2.75, 3.05) is 14.2 Å². The second-order valence-corrected chi connectivity index (χ2v) is 8.22. The number of aryl methyl sites for hydroxylation is 1. The van der Waals surface area contributed by atoms with E-state index in [1.54, 1.807) is 42.7 Å². The van der Waals surface area contributed by atoms with E-state index in [0.717, 1.165) is 11.1 Å². The van der Waals surface area contributed by atoms with Crippen molar-refractivity contribution in [3.05, 3.63) is 83.6 Å². The Morgan fingerprint density at radius 2 is 1.81 bits per heavy atom. The number of fused-ring (bicyclic) bond motifs is 1. The molecule has 0 spiro atoms. The van der Waals surface area contributed by atoms with Gasteiger partial charge < -0.3 is 19.3 Å². The number of carbonyl (C=O) groups excluding carboxylic acids is 1. The Labute approximate surface area is 211 Å². The Balaban J connectivity index is 1.57. The summed E-state index contributed by atoms with van der Waals surface area (Å²) < 4.78 is 29.6. The van der Waals surface area contributed by atoms with Crippen LogP contribution in [0.15, 0.2) is 65.4 Å². The van der Waals surface area contributed by atoms with Gasteiger partial charge >= 0.3 is 0 Å². The molecule has 0 aliphatic rings. The Bertz CT molecular complexity index is 1600. The number of pyridine rings is 3. The fraction of sp³-hybridized carbons (Fsp3) is 0.148. The molecule has 186 valence electrons. The summed E-state index contributed by atoms with van der Waals surface area (Å²) in [6.45, 7) is 2.04. The minimum atomic E-state index is -0.391. The van der Waals surface area contributed by atoms with Gasteiger partial charge in [-0.05, 0) is 61.0 Å². The number of hydrogen-bond donors (Lipinski definition) is 1. The highest BCUT2D eigenvalue weighted by atomic mass is 19.1. The number of nitrogens with zero attached hydrogens (tertiary/aromatic N) is 4. The number of amides is 1. The van der Waals surface area contributed by atoms with Crippen LogP contribution in [0.3, 0.4) is 0 Å². The Morgan fingerprint density at radius 3 is 2.54 bits per heavy atom. The first kappa shape index (κ1) is 23.9. The first-order valence-corrected chi connectivity index (χ1v) is 11.3. The summed E-state index contributed by atoms with van der Waals surface area (Å²) in [5.74, 6) is 0.0207. The summed E-state index contributed by atoms with van der Waals surface area (Å²) in [5, 5.41) is 7.46. The standard InChI is InChI=1S/C27H22FN5O4/c1-15-10-17(13-29-12-15)21-11-20(25(34)30-14-19-8-9-22(35-2)26(31-19)36-3)23-24(33-37-27(23)32-21)16-4-6-18(28)7-5-16/h4-13H,14H2,1-3H3,(H,30,34). The van der Waals surface area contributed by atoms with Gasteiger partial charge in [0.2, 0.25) is 0 Å². The second kappa shape index (κ2) is 10.0. The minimum absolute atomic E-state index is 0.126. The number of aromatic nitrogens is 4. The lowest BCUT2D eigenvalue weighted by Crippen LogP contribution is -2.24. The quantitative estimate of drug-likeness (QED) is 0.342. The van der Waals surface area contributed by atoms with Gasteiger partial charge in [0.05, 0.1) is 43.1 Å². The molecule has 4 aromatic heterocycles. The number of hydrogen-bond acceptors (Lipinski definition) is 8. The normalized spacial score (nSPS) is 10.9. The molecule has 10 heteroatoms. The van der Waals surface area contributed by atoms with Crippen molar-refractivity contribution in [2.45, 2.75) is 13.5 Å². The fourth-order valence-electron chi connectivity index (χ4n) is 3.91. The van der Waals surface area contributed by atoms with E-state index in [0.29, 0.717) is 45.2 Å². The van der Waals surface area contributed by atoms with Crippen LogP contribution in [0.5, 0.6) is 11.6 Å². The summed E-state index contributed by atoms with van der Waals surface area (Å²) in [6, 6.07) is 12.8. The van der Waals surface area contributed by atoms with E-state index in [4.69, 9.17) is 14.0 Å². The molecule has 0 bridgehead atoms. The summed E-state index contributed by atoms with van der Waals surface area (Å²) in [6.07, 6.45) is 3.39.